The lowest BCUT2D eigenvalue weighted by Crippen LogP contribution is -2.31. The third-order valence-corrected chi connectivity index (χ3v) is 7.08. The van der Waals surface area contributed by atoms with Crippen LogP contribution in [0.1, 0.15) is 35.3 Å². The molecule has 0 saturated carbocycles. The maximum atomic E-state index is 12.8. The summed E-state index contributed by atoms with van der Waals surface area (Å²) in [6, 6.07) is 8.47. The fourth-order valence-electron chi connectivity index (χ4n) is 2.90. The van der Waals surface area contributed by atoms with Gasteiger partial charge in [0.15, 0.2) is 0 Å². The third kappa shape index (κ3) is 5.33. The van der Waals surface area contributed by atoms with Gasteiger partial charge in [0.05, 0.1) is 10.6 Å². The van der Waals surface area contributed by atoms with E-state index in [1.54, 1.807) is 13.8 Å². The van der Waals surface area contributed by atoms with E-state index in [-0.39, 0.29) is 35.1 Å². The number of hydrogen-bond acceptors (Lipinski definition) is 3. The van der Waals surface area contributed by atoms with Gasteiger partial charge in [0.1, 0.15) is 4.90 Å². The van der Waals surface area contributed by atoms with E-state index in [9.17, 15) is 26.4 Å². The normalized spacial score (nSPS) is 12.3. The summed E-state index contributed by atoms with van der Waals surface area (Å²) in [6.45, 7) is 3.95. The van der Waals surface area contributed by atoms with Crippen LogP contribution in [0, 0.1) is 0 Å². The standard InChI is InChI=1S/C20H22ClF3N2O3S/c1-4-26(5-2)30(28,29)18-12-15(8-11-17(18)21)19(27)25(3)13-14-6-9-16(10-7-14)20(22,23)24/h6-12H,4-5,13H2,1-3H3. The first-order valence-corrected chi connectivity index (χ1v) is 10.9. The van der Waals surface area contributed by atoms with Gasteiger partial charge in [-0.15, -0.1) is 0 Å². The van der Waals surface area contributed by atoms with Gasteiger partial charge in [0.2, 0.25) is 10.0 Å². The average molecular weight is 463 g/mol. The van der Waals surface area contributed by atoms with Crippen LogP contribution in [0.15, 0.2) is 47.4 Å². The van der Waals surface area contributed by atoms with Gasteiger partial charge in [0, 0.05) is 32.2 Å². The van der Waals surface area contributed by atoms with Crippen molar-refractivity contribution in [3.05, 3.63) is 64.2 Å². The molecule has 164 valence electrons. The van der Waals surface area contributed by atoms with Crippen LogP contribution in [0.4, 0.5) is 13.2 Å². The minimum absolute atomic E-state index is 0.00356. The van der Waals surface area contributed by atoms with Crippen molar-refractivity contribution < 1.29 is 26.4 Å². The molecule has 0 aromatic heterocycles. The van der Waals surface area contributed by atoms with E-state index in [2.05, 4.69) is 0 Å². The van der Waals surface area contributed by atoms with E-state index in [1.165, 1.54) is 46.6 Å². The van der Waals surface area contributed by atoms with E-state index < -0.39 is 27.7 Å². The Morgan fingerprint density at radius 3 is 2.10 bits per heavy atom. The first-order chi connectivity index (χ1) is 13.9. The highest BCUT2D eigenvalue weighted by Crippen LogP contribution is 2.29. The Morgan fingerprint density at radius 2 is 1.60 bits per heavy atom. The Labute approximate surface area is 179 Å². The minimum Gasteiger partial charge on any atom is -0.337 e. The maximum absolute atomic E-state index is 12.8. The van der Waals surface area contributed by atoms with Crippen LogP contribution in [0.3, 0.4) is 0 Å². The summed E-state index contributed by atoms with van der Waals surface area (Å²) in [4.78, 5) is 13.9. The number of nitrogens with zero attached hydrogens (tertiary/aromatic N) is 2. The Bertz CT molecular complexity index is 1000. The molecular formula is C20H22ClF3N2O3S. The summed E-state index contributed by atoms with van der Waals surface area (Å²) in [5.41, 5.74) is -0.160. The first-order valence-electron chi connectivity index (χ1n) is 9.13. The van der Waals surface area contributed by atoms with Crippen LogP contribution in [0.2, 0.25) is 5.02 Å². The lowest BCUT2D eigenvalue weighted by molar-refractivity contribution is -0.137. The van der Waals surface area contributed by atoms with Gasteiger partial charge < -0.3 is 4.90 Å². The summed E-state index contributed by atoms with van der Waals surface area (Å²) >= 11 is 6.08. The lowest BCUT2D eigenvalue weighted by atomic mass is 10.1. The van der Waals surface area contributed by atoms with E-state index in [1.807, 2.05) is 0 Å². The van der Waals surface area contributed by atoms with Crippen molar-refractivity contribution in [2.24, 2.45) is 0 Å². The number of rotatable bonds is 7. The second-order valence-corrected chi connectivity index (χ2v) is 8.90. The molecule has 0 spiro atoms. The largest absolute Gasteiger partial charge is 0.416 e. The second kappa shape index (κ2) is 9.36. The molecular weight excluding hydrogens is 441 g/mol. The molecule has 0 N–H and O–H groups in total. The summed E-state index contributed by atoms with van der Waals surface area (Å²) in [6.07, 6.45) is -4.43. The summed E-state index contributed by atoms with van der Waals surface area (Å²) < 4.78 is 64.8. The fourth-order valence-corrected chi connectivity index (χ4v) is 4.86. The summed E-state index contributed by atoms with van der Waals surface area (Å²) in [5.74, 6) is -0.484. The molecule has 0 fully saturated rings. The molecule has 30 heavy (non-hydrogen) atoms. The third-order valence-electron chi connectivity index (χ3n) is 4.55. The predicted octanol–water partition coefficient (Wildman–Crippen LogP) is 4.66. The van der Waals surface area contributed by atoms with Crippen molar-refractivity contribution >= 4 is 27.5 Å². The number of amides is 1. The number of carbonyl (C=O) groups excluding carboxylic acids is 1. The lowest BCUT2D eigenvalue weighted by Gasteiger charge is -2.21. The SMILES string of the molecule is CCN(CC)S(=O)(=O)c1cc(C(=O)N(C)Cc2ccc(C(F)(F)F)cc2)ccc1Cl. The molecule has 0 heterocycles. The highest BCUT2D eigenvalue weighted by atomic mass is 35.5. The molecule has 10 heteroatoms. The average Bonchev–Trinajstić information content (AvgIpc) is 2.68. The van der Waals surface area contributed by atoms with Crippen LogP contribution in [-0.2, 0) is 22.7 Å². The Hall–Kier alpha value is -2.10. The zero-order chi connectivity index (χ0) is 22.7. The maximum Gasteiger partial charge on any atom is 0.416 e. The molecule has 0 aliphatic carbocycles. The monoisotopic (exact) mass is 462 g/mol. The number of benzene rings is 2. The Morgan fingerprint density at radius 1 is 1.03 bits per heavy atom. The van der Waals surface area contributed by atoms with Gasteiger partial charge in [-0.2, -0.15) is 17.5 Å². The first kappa shape index (κ1) is 24.2. The zero-order valence-electron chi connectivity index (χ0n) is 16.7. The van der Waals surface area contributed by atoms with Crippen molar-refractivity contribution in [1.29, 1.82) is 0 Å². The van der Waals surface area contributed by atoms with E-state index in [0.29, 0.717) is 5.56 Å². The number of sulfonamides is 1. The molecule has 2 aromatic rings. The molecule has 0 unspecified atom stereocenters. The van der Waals surface area contributed by atoms with Gasteiger partial charge >= 0.3 is 6.18 Å². The molecule has 5 nitrogen and oxygen atoms in total. The van der Waals surface area contributed by atoms with Crippen molar-refractivity contribution in [2.75, 3.05) is 20.1 Å². The van der Waals surface area contributed by atoms with Gasteiger partial charge in [-0.05, 0) is 35.9 Å². The Balaban J connectivity index is 2.26. The zero-order valence-corrected chi connectivity index (χ0v) is 18.3. The van der Waals surface area contributed by atoms with E-state index >= 15 is 0 Å². The molecule has 0 aliphatic heterocycles. The molecule has 0 saturated heterocycles. The van der Waals surface area contributed by atoms with Gasteiger partial charge in [0.25, 0.3) is 5.91 Å². The van der Waals surface area contributed by atoms with Crippen LogP contribution in [-0.4, -0.2) is 43.7 Å². The molecule has 0 bridgehead atoms. The topological polar surface area (TPSA) is 57.7 Å². The highest BCUT2D eigenvalue weighted by molar-refractivity contribution is 7.89. The van der Waals surface area contributed by atoms with Crippen LogP contribution >= 0.6 is 11.6 Å². The number of alkyl halides is 3. The van der Waals surface area contributed by atoms with Gasteiger partial charge in [-0.25, -0.2) is 8.42 Å². The quantitative estimate of drug-likeness (QED) is 0.601. The molecule has 0 radical (unpaired) electrons. The van der Waals surface area contributed by atoms with Crippen LogP contribution in [0.5, 0.6) is 0 Å². The smallest absolute Gasteiger partial charge is 0.337 e. The molecule has 2 aromatic carbocycles. The minimum atomic E-state index is -4.43. The molecule has 1 amide bonds. The number of hydrogen-bond donors (Lipinski definition) is 0. The van der Waals surface area contributed by atoms with Crippen LogP contribution in [0.25, 0.3) is 0 Å². The molecule has 2 rings (SSSR count). The highest BCUT2D eigenvalue weighted by Gasteiger charge is 2.30. The summed E-state index contributed by atoms with van der Waals surface area (Å²) in [5, 5.41) is 0.00356. The van der Waals surface area contributed by atoms with Crippen molar-refractivity contribution in [3.63, 3.8) is 0 Å². The van der Waals surface area contributed by atoms with Crippen molar-refractivity contribution in [1.82, 2.24) is 9.21 Å². The van der Waals surface area contributed by atoms with Gasteiger partial charge in [-0.3, -0.25) is 4.79 Å². The predicted molar refractivity (Wildman–Crippen MR) is 109 cm³/mol. The molecule has 0 atom stereocenters. The Kier molecular flexibility index (Phi) is 7.54. The van der Waals surface area contributed by atoms with Crippen LogP contribution < -0.4 is 0 Å². The summed E-state index contributed by atoms with van der Waals surface area (Å²) in [7, 11) is -2.39. The van der Waals surface area contributed by atoms with Crippen molar-refractivity contribution in [2.45, 2.75) is 31.5 Å². The van der Waals surface area contributed by atoms with E-state index in [4.69, 9.17) is 11.6 Å². The van der Waals surface area contributed by atoms with E-state index in [0.717, 1.165) is 12.1 Å². The van der Waals surface area contributed by atoms with Gasteiger partial charge in [-0.1, -0.05) is 37.6 Å². The fraction of sp³-hybridized carbons (Fsp3) is 0.350. The number of halogens is 4. The molecule has 0 aliphatic rings. The number of carbonyl (C=O) groups is 1. The second-order valence-electron chi connectivity index (χ2n) is 6.59. The van der Waals surface area contributed by atoms with Crippen molar-refractivity contribution in [3.8, 4) is 0 Å².